The van der Waals surface area contributed by atoms with Crippen molar-refractivity contribution in [3.05, 3.63) is 30.0 Å². The second-order valence-corrected chi connectivity index (χ2v) is 11.6. The molecule has 1 aromatic heterocycles. The number of ether oxygens (including phenoxy) is 1. The van der Waals surface area contributed by atoms with E-state index in [1.807, 2.05) is 33.0 Å². The van der Waals surface area contributed by atoms with E-state index in [0.29, 0.717) is 13.1 Å². The van der Waals surface area contributed by atoms with Gasteiger partial charge in [0.2, 0.25) is 0 Å². The quantitative estimate of drug-likeness (QED) is 0.663. The Kier molecular flexibility index (Phi) is 6.36. The molecule has 0 bridgehead atoms. The Hall–Kier alpha value is -2.32. The van der Waals surface area contributed by atoms with Gasteiger partial charge in [0.25, 0.3) is 0 Å². The van der Waals surface area contributed by atoms with Crippen molar-refractivity contribution in [3.8, 4) is 0 Å². The van der Waals surface area contributed by atoms with E-state index in [-0.39, 0.29) is 23.3 Å². The number of benzene rings is 1. The predicted octanol–water partition coefficient (Wildman–Crippen LogP) is 4.65. The molecule has 1 aromatic carbocycles. The maximum Gasteiger partial charge on any atom is 0.494 e. The number of amides is 1. The van der Waals surface area contributed by atoms with E-state index < -0.39 is 12.7 Å². The number of fused-ring (bicyclic) bond motifs is 1. The molecular weight excluding hydrogens is 429 g/mol. The highest BCUT2D eigenvalue weighted by molar-refractivity contribution is 6.62. The van der Waals surface area contributed by atoms with Gasteiger partial charge in [0.1, 0.15) is 11.4 Å². The highest BCUT2D eigenvalue weighted by Gasteiger charge is 2.51. The number of likely N-dealkylation sites (tertiary alicyclic amines) is 1. The molecule has 0 spiro atoms. The van der Waals surface area contributed by atoms with Gasteiger partial charge in [-0.2, -0.15) is 0 Å². The van der Waals surface area contributed by atoms with E-state index in [9.17, 15) is 4.79 Å². The molecule has 34 heavy (non-hydrogen) atoms. The van der Waals surface area contributed by atoms with Crippen molar-refractivity contribution in [3.63, 3.8) is 0 Å². The molecule has 3 heterocycles. The number of hydrogen-bond donors (Lipinski definition) is 1. The lowest BCUT2D eigenvalue weighted by molar-refractivity contribution is 0.00578. The lowest BCUT2D eigenvalue weighted by Crippen LogP contribution is -2.47. The van der Waals surface area contributed by atoms with Crippen LogP contribution in [0.3, 0.4) is 0 Å². The summed E-state index contributed by atoms with van der Waals surface area (Å²) in [5.41, 5.74) is 0.853. The summed E-state index contributed by atoms with van der Waals surface area (Å²) in [6.45, 7) is 17.4. The summed E-state index contributed by atoms with van der Waals surface area (Å²) >= 11 is 0. The number of aromatic nitrogens is 1. The van der Waals surface area contributed by atoms with Crippen molar-refractivity contribution in [2.45, 2.75) is 91.1 Å². The molecule has 0 radical (unpaired) electrons. The zero-order valence-electron chi connectivity index (χ0n) is 21.8. The van der Waals surface area contributed by atoms with Crippen LogP contribution in [0, 0.1) is 6.92 Å². The Balaban J connectivity index is 1.55. The normalized spacial score (nSPS) is 22.2. The van der Waals surface area contributed by atoms with Gasteiger partial charge >= 0.3 is 13.2 Å². The first kappa shape index (κ1) is 24.8. The number of piperidine rings is 1. The monoisotopic (exact) mass is 467 g/mol. The van der Waals surface area contributed by atoms with E-state index in [2.05, 4.69) is 57.1 Å². The average molecular weight is 467 g/mol. The molecule has 1 atom stereocenters. The lowest BCUT2D eigenvalue weighted by atomic mass is 9.77. The zero-order chi connectivity index (χ0) is 24.9. The highest BCUT2D eigenvalue weighted by Crippen LogP contribution is 2.37. The van der Waals surface area contributed by atoms with E-state index >= 15 is 0 Å². The second kappa shape index (κ2) is 8.72. The van der Waals surface area contributed by atoms with Crippen LogP contribution in [0.15, 0.2) is 24.4 Å². The molecular formula is C26H38BN3O4. The molecule has 8 heteroatoms. The molecule has 7 nitrogen and oxygen atoms in total. The fraction of sp³-hybridized carbons (Fsp3) is 0.615. The number of pyridine rings is 1. The van der Waals surface area contributed by atoms with Crippen molar-refractivity contribution in [2.75, 3.05) is 18.4 Å². The van der Waals surface area contributed by atoms with Crippen LogP contribution >= 0.6 is 0 Å². The number of aryl methyl sites for hydroxylation is 1. The van der Waals surface area contributed by atoms with Crippen molar-refractivity contribution in [1.29, 1.82) is 0 Å². The van der Waals surface area contributed by atoms with E-state index in [0.717, 1.165) is 40.5 Å². The Morgan fingerprint density at radius 1 is 1.21 bits per heavy atom. The van der Waals surface area contributed by atoms with Crippen LogP contribution in [0.25, 0.3) is 10.8 Å². The van der Waals surface area contributed by atoms with Crippen LogP contribution in [0.5, 0.6) is 0 Å². The zero-order valence-corrected chi connectivity index (χ0v) is 21.8. The minimum Gasteiger partial charge on any atom is -0.444 e. The molecule has 2 aliphatic heterocycles. The third-order valence-corrected chi connectivity index (χ3v) is 7.02. The van der Waals surface area contributed by atoms with Gasteiger partial charge in [-0.15, -0.1) is 0 Å². The predicted molar refractivity (Wildman–Crippen MR) is 137 cm³/mol. The fourth-order valence-electron chi connectivity index (χ4n) is 4.56. The minimum absolute atomic E-state index is 0.113. The summed E-state index contributed by atoms with van der Waals surface area (Å²) in [6, 6.07) is 6.40. The number of nitrogens with one attached hydrogen (secondary N) is 1. The van der Waals surface area contributed by atoms with Crippen LogP contribution in [0.4, 0.5) is 10.6 Å². The summed E-state index contributed by atoms with van der Waals surface area (Å²) in [5.74, 6) is 0.839. The van der Waals surface area contributed by atoms with Crippen LogP contribution in [0.2, 0.25) is 0 Å². The van der Waals surface area contributed by atoms with Gasteiger partial charge in [0.05, 0.1) is 11.2 Å². The van der Waals surface area contributed by atoms with Gasteiger partial charge in [0.15, 0.2) is 0 Å². The van der Waals surface area contributed by atoms with E-state index in [1.165, 1.54) is 0 Å². The van der Waals surface area contributed by atoms with Gasteiger partial charge in [-0.1, -0.05) is 12.1 Å². The van der Waals surface area contributed by atoms with Crippen molar-refractivity contribution >= 4 is 35.3 Å². The standard InChI is InChI=1S/C26H38BN3O4/c1-17-14-19(27-33-25(5,6)26(7,8)34-27)15-18-11-12-28-22(21(17)18)29-20-10-9-13-30(16-20)23(31)32-24(2,3)4/h11-12,14-15,20H,9-10,13,16H2,1-8H3,(H,28,29)/t20-/m1/s1. The number of hydrogen-bond acceptors (Lipinski definition) is 6. The average Bonchev–Trinajstić information content (AvgIpc) is 2.94. The van der Waals surface area contributed by atoms with Gasteiger partial charge in [-0.25, -0.2) is 9.78 Å². The maximum absolute atomic E-state index is 12.6. The highest BCUT2D eigenvalue weighted by atomic mass is 16.7. The summed E-state index contributed by atoms with van der Waals surface area (Å²) in [7, 11) is -0.404. The molecule has 2 fully saturated rings. The second-order valence-electron chi connectivity index (χ2n) is 11.6. The number of carbonyl (C=O) groups excluding carboxylic acids is 1. The molecule has 2 aliphatic rings. The molecule has 1 N–H and O–H groups in total. The number of carbonyl (C=O) groups is 1. The summed E-state index contributed by atoms with van der Waals surface area (Å²) in [5, 5.41) is 5.77. The van der Waals surface area contributed by atoms with Gasteiger partial charge < -0.3 is 24.3 Å². The first-order chi connectivity index (χ1) is 15.8. The molecule has 2 aromatic rings. The molecule has 0 aliphatic carbocycles. The van der Waals surface area contributed by atoms with Crippen molar-refractivity contribution in [1.82, 2.24) is 9.88 Å². The maximum atomic E-state index is 12.6. The summed E-state index contributed by atoms with van der Waals surface area (Å²) in [4.78, 5) is 19.0. The Labute approximate surface area is 203 Å². The topological polar surface area (TPSA) is 72.9 Å². The minimum atomic E-state index is -0.499. The van der Waals surface area contributed by atoms with Crippen LogP contribution in [-0.2, 0) is 14.0 Å². The lowest BCUT2D eigenvalue weighted by Gasteiger charge is -2.34. The Morgan fingerprint density at radius 3 is 2.53 bits per heavy atom. The number of anilines is 1. The van der Waals surface area contributed by atoms with Crippen LogP contribution in [-0.4, -0.2) is 59.0 Å². The summed E-state index contributed by atoms with van der Waals surface area (Å²) < 4.78 is 18.1. The molecule has 1 amide bonds. The first-order valence-corrected chi connectivity index (χ1v) is 12.3. The van der Waals surface area contributed by atoms with Gasteiger partial charge in [-0.05, 0) is 90.7 Å². The number of nitrogens with zero attached hydrogens (tertiary/aromatic N) is 2. The Morgan fingerprint density at radius 2 is 1.88 bits per heavy atom. The molecule has 2 saturated heterocycles. The van der Waals surface area contributed by atoms with Crippen LogP contribution in [0.1, 0.15) is 66.9 Å². The van der Waals surface area contributed by atoms with E-state index in [1.54, 1.807) is 4.90 Å². The molecule has 4 rings (SSSR count). The Bertz CT molecular complexity index is 1060. The van der Waals surface area contributed by atoms with Crippen molar-refractivity contribution < 1.29 is 18.8 Å². The van der Waals surface area contributed by atoms with Gasteiger partial charge in [-0.3, -0.25) is 0 Å². The van der Waals surface area contributed by atoms with Crippen LogP contribution < -0.4 is 10.8 Å². The summed E-state index contributed by atoms with van der Waals surface area (Å²) in [6.07, 6.45) is 3.47. The first-order valence-electron chi connectivity index (χ1n) is 12.3. The molecule has 184 valence electrons. The van der Waals surface area contributed by atoms with Gasteiger partial charge in [0, 0.05) is 30.7 Å². The third kappa shape index (κ3) is 5.03. The molecule has 0 unspecified atom stereocenters. The SMILES string of the molecule is Cc1cc(B2OC(C)(C)C(C)(C)O2)cc2ccnc(N[C@@H]3CCCN(C(=O)OC(C)(C)C)C3)c12. The molecule has 0 saturated carbocycles. The fourth-order valence-corrected chi connectivity index (χ4v) is 4.56. The number of rotatable bonds is 3. The largest absolute Gasteiger partial charge is 0.494 e. The third-order valence-electron chi connectivity index (χ3n) is 7.02. The van der Waals surface area contributed by atoms with Crippen molar-refractivity contribution in [2.24, 2.45) is 0 Å². The smallest absolute Gasteiger partial charge is 0.444 e. The van der Waals surface area contributed by atoms with E-state index in [4.69, 9.17) is 14.0 Å².